The van der Waals surface area contributed by atoms with E-state index >= 15 is 0 Å². The molecular formula is C12H21NO2. The van der Waals surface area contributed by atoms with Gasteiger partial charge in [0.05, 0.1) is 13.1 Å². The van der Waals surface area contributed by atoms with Gasteiger partial charge in [0.1, 0.15) is 0 Å². The molecule has 0 fully saturated rings. The molecule has 0 unspecified atom stereocenters. The molecule has 15 heavy (non-hydrogen) atoms. The quantitative estimate of drug-likeness (QED) is 0.624. The van der Waals surface area contributed by atoms with Crippen molar-refractivity contribution in [2.45, 2.75) is 45.6 Å². The lowest BCUT2D eigenvalue weighted by molar-refractivity contribution is -0.138. The Hall–Kier alpha value is -1.01. The molecule has 86 valence electrons. The maximum Gasteiger partial charge on any atom is 0.317 e. The van der Waals surface area contributed by atoms with Crippen molar-refractivity contribution in [1.82, 2.24) is 4.90 Å². The first kappa shape index (κ1) is 14.0. The standard InChI is InChI=1S/C12H21NO2/c1-4-7-11(8-5-2)13(9-6-3)10-12(14)15/h3,11H,4-5,7-10H2,1-2H3,(H,14,15). The average molecular weight is 211 g/mol. The first-order chi connectivity index (χ1) is 7.15. The van der Waals surface area contributed by atoms with Crippen LogP contribution in [0.3, 0.4) is 0 Å². The van der Waals surface area contributed by atoms with Gasteiger partial charge in [-0.25, -0.2) is 0 Å². The van der Waals surface area contributed by atoms with E-state index in [1.54, 1.807) is 0 Å². The lowest BCUT2D eigenvalue weighted by atomic mass is 10.0. The molecule has 0 spiro atoms. The van der Waals surface area contributed by atoms with Crippen LogP contribution in [0.25, 0.3) is 0 Å². The monoisotopic (exact) mass is 211 g/mol. The number of aliphatic carboxylic acids is 1. The molecule has 0 atom stereocenters. The molecule has 0 bridgehead atoms. The molecule has 0 radical (unpaired) electrons. The van der Waals surface area contributed by atoms with Gasteiger partial charge >= 0.3 is 5.97 Å². The molecule has 0 heterocycles. The zero-order valence-corrected chi connectivity index (χ0v) is 9.70. The third-order valence-electron chi connectivity index (χ3n) is 2.39. The molecule has 1 N–H and O–H groups in total. The van der Waals surface area contributed by atoms with Crippen molar-refractivity contribution in [2.24, 2.45) is 0 Å². The SMILES string of the molecule is C#CCN(CC(=O)O)C(CCC)CCC. The van der Waals surface area contributed by atoms with Crippen LogP contribution in [0.1, 0.15) is 39.5 Å². The lowest BCUT2D eigenvalue weighted by Crippen LogP contribution is -2.39. The Morgan fingerprint density at radius 3 is 2.27 bits per heavy atom. The molecule has 0 aliphatic rings. The van der Waals surface area contributed by atoms with Gasteiger partial charge in [0.15, 0.2) is 0 Å². The summed E-state index contributed by atoms with van der Waals surface area (Å²) < 4.78 is 0. The Kier molecular flexibility index (Phi) is 7.75. The van der Waals surface area contributed by atoms with Crippen molar-refractivity contribution in [3.8, 4) is 12.3 Å². The van der Waals surface area contributed by atoms with Crippen LogP contribution in [0, 0.1) is 12.3 Å². The minimum Gasteiger partial charge on any atom is -0.480 e. The van der Waals surface area contributed by atoms with E-state index in [1.165, 1.54) is 0 Å². The maximum absolute atomic E-state index is 10.7. The highest BCUT2D eigenvalue weighted by Gasteiger charge is 2.18. The lowest BCUT2D eigenvalue weighted by Gasteiger charge is -2.28. The normalized spacial score (nSPS) is 10.6. The summed E-state index contributed by atoms with van der Waals surface area (Å²) in [6, 6.07) is 0.312. The molecule has 0 saturated carbocycles. The highest BCUT2D eigenvalue weighted by molar-refractivity contribution is 5.69. The van der Waals surface area contributed by atoms with Crippen LogP contribution in [0.4, 0.5) is 0 Å². The summed E-state index contributed by atoms with van der Waals surface area (Å²) >= 11 is 0. The van der Waals surface area contributed by atoms with Crippen molar-refractivity contribution >= 4 is 5.97 Å². The minimum absolute atomic E-state index is 0.0505. The van der Waals surface area contributed by atoms with Gasteiger partial charge in [0, 0.05) is 6.04 Å². The molecule has 0 amide bonds. The Morgan fingerprint density at radius 2 is 1.93 bits per heavy atom. The van der Waals surface area contributed by atoms with E-state index in [-0.39, 0.29) is 6.54 Å². The topological polar surface area (TPSA) is 40.5 Å². The molecule has 0 aromatic carbocycles. The van der Waals surface area contributed by atoms with Gasteiger partial charge < -0.3 is 5.11 Å². The fourth-order valence-corrected chi connectivity index (χ4v) is 1.78. The molecule has 0 aliphatic heterocycles. The van der Waals surface area contributed by atoms with Gasteiger partial charge in [-0.05, 0) is 12.8 Å². The summed E-state index contributed by atoms with van der Waals surface area (Å²) in [7, 11) is 0. The Balaban J connectivity index is 4.36. The maximum atomic E-state index is 10.7. The summed E-state index contributed by atoms with van der Waals surface area (Å²) in [6.07, 6.45) is 9.41. The molecule has 3 heteroatoms. The van der Waals surface area contributed by atoms with Gasteiger partial charge in [-0.15, -0.1) is 6.42 Å². The fraction of sp³-hybridized carbons (Fsp3) is 0.750. The number of hydrogen-bond donors (Lipinski definition) is 1. The summed E-state index contributed by atoms with van der Waals surface area (Å²) in [6.45, 7) is 4.70. The molecule has 0 aliphatic carbocycles. The number of carboxylic acids is 1. The summed E-state index contributed by atoms with van der Waals surface area (Å²) in [5.74, 6) is 1.73. The molecule has 3 nitrogen and oxygen atoms in total. The van der Waals surface area contributed by atoms with E-state index in [0.29, 0.717) is 12.6 Å². The highest BCUT2D eigenvalue weighted by Crippen LogP contribution is 2.12. The van der Waals surface area contributed by atoms with Crippen molar-refractivity contribution < 1.29 is 9.90 Å². The second kappa shape index (κ2) is 8.31. The number of rotatable bonds is 8. The van der Waals surface area contributed by atoms with Gasteiger partial charge in [-0.2, -0.15) is 0 Å². The Morgan fingerprint density at radius 1 is 1.40 bits per heavy atom. The van der Waals surface area contributed by atoms with Crippen LogP contribution in [0.5, 0.6) is 0 Å². The van der Waals surface area contributed by atoms with Crippen molar-refractivity contribution in [2.75, 3.05) is 13.1 Å². The summed E-state index contributed by atoms with van der Waals surface area (Å²) in [4.78, 5) is 12.6. The molecule has 0 saturated heterocycles. The van der Waals surface area contributed by atoms with Gasteiger partial charge in [0.2, 0.25) is 0 Å². The predicted octanol–water partition coefficient (Wildman–Crippen LogP) is 1.97. The summed E-state index contributed by atoms with van der Waals surface area (Å²) in [5.41, 5.74) is 0. The van der Waals surface area contributed by atoms with Crippen LogP contribution in [-0.2, 0) is 4.79 Å². The zero-order chi connectivity index (χ0) is 11.7. The van der Waals surface area contributed by atoms with Crippen molar-refractivity contribution in [1.29, 1.82) is 0 Å². The van der Waals surface area contributed by atoms with E-state index in [1.807, 2.05) is 4.90 Å². The minimum atomic E-state index is -0.803. The van der Waals surface area contributed by atoms with Crippen molar-refractivity contribution in [3.63, 3.8) is 0 Å². The number of carbonyl (C=O) groups is 1. The molecule has 0 aromatic rings. The van der Waals surface area contributed by atoms with E-state index in [2.05, 4.69) is 19.8 Å². The number of hydrogen-bond acceptors (Lipinski definition) is 2. The van der Waals surface area contributed by atoms with Crippen LogP contribution >= 0.6 is 0 Å². The predicted molar refractivity (Wildman–Crippen MR) is 61.6 cm³/mol. The number of terminal acetylenes is 1. The Labute approximate surface area is 92.5 Å². The van der Waals surface area contributed by atoms with Gasteiger partial charge in [-0.3, -0.25) is 9.69 Å². The largest absolute Gasteiger partial charge is 0.480 e. The van der Waals surface area contributed by atoms with E-state index in [0.717, 1.165) is 25.7 Å². The third-order valence-corrected chi connectivity index (χ3v) is 2.39. The van der Waals surface area contributed by atoms with Crippen LogP contribution < -0.4 is 0 Å². The third kappa shape index (κ3) is 6.14. The second-order valence-electron chi connectivity index (χ2n) is 3.73. The van der Waals surface area contributed by atoms with Crippen LogP contribution in [-0.4, -0.2) is 35.1 Å². The number of nitrogens with zero attached hydrogens (tertiary/aromatic N) is 1. The smallest absolute Gasteiger partial charge is 0.317 e. The van der Waals surface area contributed by atoms with Crippen LogP contribution in [0.2, 0.25) is 0 Å². The number of carboxylic acid groups (broad SMARTS) is 1. The van der Waals surface area contributed by atoms with E-state index < -0.39 is 5.97 Å². The molecular weight excluding hydrogens is 190 g/mol. The van der Waals surface area contributed by atoms with Gasteiger partial charge in [0.25, 0.3) is 0 Å². The summed E-state index contributed by atoms with van der Waals surface area (Å²) in [5, 5.41) is 8.79. The van der Waals surface area contributed by atoms with E-state index in [4.69, 9.17) is 11.5 Å². The Bertz CT molecular complexity index is 214. The molecule has 0 rings (SSSR count). The van der Waals surface area contributed by atoms with Crippen LogP contribution in [0.15, 0.2) is 0 Å². The zero-order valence-electron chi connectivity index (χ0n) is 9.70. The fourth-order valence-electron chi connectivity index (χ4n) is 1.78. The van der Waals surface area contributed by atoms with Gasteiger partial charge in [-0.1, -0.05) is 32.6 Å². The highest BCUT2D eigenvalue weighted by atomic mass is 16.4. The first-order valence-electron chi connectivity index (χ1n) is 5.54. The molecule has 0 aromatic heterocycles. The van der Waals surface area contributed by atoms with Crippen molar-refractivity contribution in [3.05, 3.63) is 0 Å². The van der Waals surface area contributed by atoms with E-state index in [9.17, 15) is 4.79 Å². The average Bonchev–Trinajstić information content (AvgIpc) is 2.16. The second-order valence-corrected chi connectivity index (χ2v) is 3.73. The first-order valence-corrected chi connectivity index (χ1v) is 5.54.